The van der Waals surface area contributed by atoms with Gasteiger partial charge in [0, 0.05) is 6.54 Å². The van der Waals surface area contributed by atoms with Crippen LogP contribution in [0.1, 0.15) is 0 Å². The molecule has 0 saturated heterocycles. The van der Waals surface area contributed by atoms with Crippen molar-refractivity contribution in [2.45, 2.75) is 12.2 Å². The molecular weight excluding hydrogens is 220 g/mol. The molecule has 2 rings (SSSR count). The van der Waals surface area contributed by atoms with Crippen LogP contribution in [0.15, 0.2) is 17.1 Å². The van der Waals surface area contributed by atoms with E-state index < -0.39 is 0 Å². The Morgan fingerprint density at radius 3 is 3.20 bits per heavy atom. The zero-order valence-electron chi connectivity index (χ0n) is 8.21. The number of nitrogens with two attached hydrogens (primary N) is 1. The van der Waals surface area contributed by atoms with Crippen LogP contribution in [0, 0.1) is 0 Å². The predicted octanol–water partition coefficient (Wildman–Crippen LogP) is -0.341. The van der Waals surface area contributed by atoms with Gasteiger partial charge in [-0.25, -0.2) is 9.79 Å². The minimum absolute atomic E-state index is 0. The Morgan fingerprint density at radius 2 is 2.53 bits per heavy atom. The summed E-state index contributed by atoms with van der Waals surface area (Å²) in [4.78, 5) is 17.0. The lowest BCUT2D eigenvalue weighted by Gasteiger charge is -2.30. The van der Waals surface area contributed by atoms with Gasteiger partial charge in [-0.15, -0.1) is 12.4 Å². The Morgan fingerprint density at radius 1 is 1.80 bits per heavy atom. The molecule has 0 unspecified atom stereocenters. The number of aliphatic imine (C=N–C) groups is 1. The molecule has 1 amide bonds. The monoisotopic (exact) mass is 232 g/mol. The van der Waals surface area contributed by atoms with Crippen LogP contribution in [0.25, 0.3) is 0 Å². The molecule has 7 heteroatoms. The first-order valence-electron chi connectivity index (χ1n) is 4.33. The van der Waals surface area contributed by atoms with E-state index in [1.807, 2.05) is 12.2 Å². The highest BCUT2D eigenvalue weighted by molar-refractivity contribution is 5.85. The fourth-order valence-electron chi connectivity index (χ4n) is 1.65. The predicted molar refractivity (Wildman–Crippen MR) is 57.8 cm³/mol. The molecule has 3 N–H and O–H groups in total. The summed E-state index contributed by atoms with van der Waals surface area (Å²) in [5, 5.41) is 2.96. The van der Waals surface area contributed by atoms with E-state index in [2.05, 4.69) is 15.0 Å². The van der Waals surface area contributed by atoms with Gasteiger partial charge in [0.1, 0.15) is 0 Å². The van der Waals surface area contributed by atoms with E-state index in [4.69, 9.17) is 5.73 Å². The summed E-state index contributed by atoms with van der Waals surface area (Å²) in [7, 11) is 1.35. The molecule has 2 aliphatic heterocycles. The van der Waals surface area contributed by atoms with Crippen LogP contribution in [0.3, 0.4) is 0 Å². The van der Waals surface area contributed by atoms with E-state index in [-0.39, 0.29) is 30.7 Å². The molecule has 0 radical (unpaired) electrons. The molecule has 0 fully saturated rings. The van der Waals surface area contributed by atoms with E-state index in [0.717, 1.165) is 0 Å². The van der Waals surface area contributed by atoms with Gasteiger partial charge in [0.05, 0.1) is 13.2 Å². The Bertz CT molecular complexity index is 318. The molecule has 0 aromatic carbocycles. The molecule has 2 heterocycles. The molecule has 2 aliphatic rings. The van der Waals surface area contributed by atoms with Crippen LogP contribution < -0.4 is 11.1 Å². The molecule has 0 spiro atoms. The largest absolute Gasteiger partial charge is 0.453 e. The maximum atomic E-state index is 11.3. The summed E-state index contributed by atoms with van der Waals surface area (Å²) in [5.41, 5.74) is 5.52. The minimum Gasteiger partial charge on any atom is -0.453 e. The number of amides is 1. The number of hydrogen-bond donors (Lipinski definition) is 2. The van der Waals surface area contributed by atoms with Crippen molar-refractivity contribution in [3.05, 3.63) is 12.2 Å². The molecule has 0 aromatic heterocycles. The Labute approximate surface area is 93.6 Å². The normalized spacial score (nSPS) is 27.3. The second kappa shape index (κ2) is 4.39. The van der Waals surface area contributed by atoms with Crippen LogP contribution in [0.2, 0.25) is 0 Å². The van der Waals surface area contributed by atoms with Crippen LogP contribution in [-0.2, 0) is 4.74 Å². The van der Waals surface area contributed by atoms with Crippen LogP contribution in [-0.4, -0.2) is 42.8 Å². The fourth-order valence-corrected chi connectivity index (χ4v) is 1.65. The highest BCUT2D eigenvalue weighted by Gasteiger charge is 2.36. The van der Waals surface area contributed by atoms with E-state index in [0.29, 0.717) is 12.5 Å². The quantitative estimate of drug-likeness (QED) is 0.560. The molecule has 15 heavy (non-hydrogen) atoms. The van der Waals surface area contributed by atoms with Gasteiger partial charge in [0.25, 0.3) is 0 Å². The van der Waals surface area contributed by atoms with Gasteiger partial charge in [0.15, 0.2) is 12.1 Å². The third-order valence-electron chi connectivity index (χ3n) is 2.28. The molecule has 6 nitrogen and oxygen atoms in total. The number of nitrogens with one attached hydrogen (secondary N) is 1. The highest BCUT2D eigenvalue weighted by Crippen LogP contribution is 2.17. The lowest BCUT2D eigenvalue weighted by atomic mass is 10.1. The molecular formula is C8H13ClN4O2. The topological polar surface area (TPSA) is 80.0 Å². The van der Waals surface area contributed by atoms with Crippen LogP contribution in [0.5, 0.6) is 0 Å². The average Bonchev–Trinajstić information content (AvgIpc) is 2.56. The molecule has 0 saturated carbocycles. The van der Waals surface area contributed by atoms with E-state index in [1.54, 1.807) is 0 Å². The van der Waals surface area contributed by atoms with Crippen LogP contribution in [0.4, 0.5) is 4.79 Å². The van der Waals surface area contributed by atoms with Crippen molar-refractivity contribution < 1.29 is 9.53 Å². The second-order valence-corrected chi connectivity index (χ2v) is 3.15. The Kier molecular flexibility index (Phi) is 3.41. The first-order valence-corrected chi connectivity index (χ1v) is 4.33. The zero-order chi connectivity index (χ0) is 10.1. The molecule has 84 valence electrons. The van der Waals surface area contributed by atoms with Crippen molar-refractivity contribution in [1.29, 1.82) is 0 Å². The van der Waals surface area contributed by atoms with Gasteiger partial charge in [0.2, 0.25) is 0 Å². The highest BCUT2D eigenvalue weighted by atomic mass is 35.5. The maximum absolute atomic E-state index is 11.3. The number of halogens is 1. The molecule has 2 atom stereocenters. The average molecular weight is 233 g/mol. The van der Waals surface area contributed by atoms with Crippen LogP contribution >= 0.6 is 12.4 Å². The van der Waals surface area contributed by atoms with Crippen molar-refractivity contribution in [1.82, 2.24) is 10.2 Å². The van der Waals surface area contributed by atoms with E-state index in [9.17, 15) is 4.79 Å². The summed E-state index contributed by atoms with van der Waals surface area (Å²) in [6, 6.07) is -0.0251. The number of methoxy groups -OCH3 is 1. The number of nitrogens with zero attached hydrogens (tertiary/aromatic N) is 2. The van der Waals surface area contributed by atoms with Gasteiger partial charge in [-0.1, -0.05) is 12.2 Å². The first kappa shape index (κ1) is 11.6. The number of hydrogen-bond acceptors (Lipinski definition) is 5. The number of carbonyl (C=O) groups is 1. The Hall–Kier alpha value is -1.43. The third kappa shape index (κ3) is 1.99. The van der Waals surface area contributed by atoms with Gasteiger partial charge in [-0.2, -0.15) is 0 Å². The number of guanidine groups is 1. The standard InChI is InChI=1S/C8H12N4O2.ClH/c1-14-8(13)12-4-2-3-5-6(12)11-7(9)10-5;/h2-3,5-6H,4H2,1H3,(H3,9,10,11);1H/t5-,6+;/m1./s1. The third-order valence-corrected chi connectivity index (χ3v) is 2.28. The van der Waals surface area contributed by atoms with Crippen molar-refractivity contribution in [3.63, 3.8) is 0 Å². The number of ether oxygens (including phenoxy) is 1. The van der Waals surface area contributed by atoms with E-state index >= 15 is 0 Å². The molecule has 0 aliphatic carbocycles. The van der Waals surface area contributed by atoms with Crippen molar-refractivity contribution in [2.75, 3.05) is 13.7 Å². The van der Waals surface area contributed by atoms with Crippen molar-refractivity contribution in [2.24, 2.45) is 10.7 Å². The van der Waals surface area contributed by atoms with Crippen molar-refractivity contribution in [3.8, 4) is 0 Å². The first-order chi connectivity index (χ1) is 6.72. The zero-order valence-corrected chi connectivity index (χ0v) is 9.03. The summed E-state index contributed by atoms with van der Waals surface area (Å²) in [5.74, 6) is 0.362. The van der Waals surface area contributed by atoms with E-state index in [1.165, 1.54) is 12.0 Å². The number of fused-ring (bicyclic) bond motifs is 1. The summed E-state index contributed by atoms with van der Waals surface area (Å²) in [6.07, 6.45) is 3.18. The minimum atomic E-state index is -0.385. The molecule has 0 aromatic rings. The lowest BCUT2D eigenvalue weighted by molar-refractivity contribution is 0.107. The second-order valence-electron chi connectivity index (χ2n) is 3.15. The summed E-state index contributed by atoms with van der Waals surface area (Å²) in [6.45, 7) is 0.506. The van der Waals surface area contributed by atoms with Gasteiger partial charge in [-0.3, -0.25) is 4.90 Å². The summed E-state index contributed by atoms with van der Waals surface area (Å²) >= 11 is 0. The number of rotatable bonds is 0. The fraction of sp³-hybridized carbons (Fsp3) is 0.500. The Balaban J connectivity index is 0.00000112. The van der Waals surface area contributed by atoms with Gasteiger partial charge < -0.3 is 15.8 Å². The number of carbonyl (C=O) groups excluding carboxylic acids is 1. The maximum Gasteiger partial charge on any atom is 0.411 e. The molecule has 0 bridgehead atoms. The smallest absolute Gasteiger partial charge is 0.411 e. The SMILES string of the molecule is COC(=O)N1CC=C[C@H]2NC(N)=N[C@H]21.Cl. The lowest BCUT2D eigenvalue weighted by Crippen LogP contribution is -2.49. The van der Waals surface area contributed by atoms with Crippen molar-refractivity contribution >= 4 is 24.5 Å². The summed E-state index contributed by atoms with van der Waals surface area (Å²) < 4.78 is 4.65. The van der Waals surface area contributed by atoms with Gasteiger partial charge >= 0.3 is 6.09 Å². The van der Waals surface area contributed by atoms with Gasteiger partial charge in [-0.05, 0) is 0 Å².